The van der Waals surface area contributed by atoms with Gasteiger partial charge in [0.25, 0.3) is 0 Å². The molecular weight excluding hydrogens is 258 g/mol. The van der Waals surface area contributed by atoms with Gasteiger partial charge >= 0.3 is 5.97 Å². The van der Waals surface area contributed by atoms with Crippen LogP contribution in [0.4, 0.5) is 0 Å². The molecule has 20 heavy (non-hydrogen) atoms. The van der Waals surface area contributed by atoms with Crippen LogP contribution in [0.5, 0.6) is 0 Å². The van der Waals surface area contributed by atoms with E-state index >= 15 is 0 Å². The Morgan fingerprint density at radius 2 is 2.00 bits per heavy atom. The lowest BCUT2D eigenvalue weighted by atomic mass is 9.96. The van der Waals surface area contributed by atoms with E-state index in [1.165, 1.54) is 0 Å². The molecule has 0 bridgehead atoms. The standard InChI is InChI=1S/C15H23NO4/c1-10-4-5-12(8-11(10)2)15(20)13(9-14(18)19)16-6-3-7-17/h4-5,8,13,15-17,20H,3,6-7,9H2,1-2H3,(H,18,19). The molecular formula is C15H23NO4. The number of rotatable bonds is 8. The summed E-state index contributed by atoms with van der Waals surface area (Å²) in [5, 5.41) is 31.0. The number of carbonyl (C=O) groups is 1. The van der Waals surface area contributed by atoms with E-state index in [1.807, 2.05) is 32.0 Å². The van der Waals surface area contributed by atoms with Crippen LogP contribution in [-0.4, -0.2) is 40.5 Å². The summed E-state index contributed by atoms with van der Waals surface area (Å²) in [7, 11) is 0. The zero-order valence-electron chi connectivity index (χ0n) is 12.0. The Bertz CT molecular complexity index is 447. The first-order chi connectivity index (χ1) is 9.45. The van der Waals surface area contributed by atoms with Gasteiger partial charge in [0, 0.05) is 12.6 Å². The van der Waals surface area contributed by atoms with Crippen LogP contribution in [0.25, 0.3) is 0 Å². The number of nitrogens with one attached hydrogen (secondary N) is 1. The molecule has 0 spiro atoms. The summed E-state index contributed by atoms with van der Waals surface area (Å²) in [4.78, 5) is 10.9. The van der Waals surface area contributed by atoms with Crippen molar-refractivity contribution in [2.45, 2.75) is 38.8 Å². The predicted molar refractivity (Wildman–Crippen MR) is 76.6 cm³/mol. The van der Waals surface area contributed by atoms with Gasteiger partial charge in [-0.3, -0.25) is 4.79 Å². The quantitative estimate of drug-likeness (QED) is 0.537. The normalized spacial score (nSPS) is 14.0. The number of aliphatic hydroxyl groups is 2. The maximum absolute atomic E-state index is 10.9. The highest BCUT2D eigenvalue weighted by atomic mass is 16.4. The summed E-state index contributed by atoms with van der Waals surface area (Å²) in [5.74, 6) is -0.964. The highest BCUT2D eigenvalue weighted by Crippen LogP contribution is 2.21. The molecule has 2 atom stereocenters. The second-order valence-corrected chi connectivity index (χ2v) is 5.02. The molecule has 0 amide bonds. The summed E-state index contributed by atoms with van der Waals surface area (Å²) in [6.45, 7) is 4.44. The summed E-state index contributed by atoms with van der Waals surface area (Å²) < 4.78 is 0. The van der Waals surface area contributed by atoms with Gasteiger partial charge in [-0.05, 0) is 43.5 Å². The van der Waals surface area contributed by atoms with Crippen LogP contribution in [0, 0.1) is 13.8 Å². The molecule has 0 aromatic heterocycles. The highest BCUT2D eigenvalue weighted by Gasteiger charge is 2.23. The Hall–Kier alpha value is -1.43. The van der Waals surface area contributed by atoms with E-state index in [9.17, 15) is 9.90 Å². The van der Waals surface area contributed by atoms with E-state index < -0.39 is 18.1 Å². The second-order valence-electron chi connectivity index (χ2n) is 5.02. The average Bonchev–Trinajstić information content (AvgIpc) is 2.40. The molecule has 0 aliphatic heterocycles. The Labute approximate surface area is 119 Å². The molecule has 5 nitrogen and oxygen atoms in total. The first kappa shape index (κ1) is 16.6. The molecule has 0 heterocycles. The van der Waals surface area contributed by atoms with Crippen LogP contribution >= 0.6 is 0 Å². The zero-order valence-corrected chi connectivity index (χ0v) is 12.0. The molecule has 112 valence electrons. The van der Waals surface area contributed by atoms with Crippen LogP contribution in [0.15, 0.2) is 18.2 Å². The van der Waals surface area contributed by atoms with Crippen LogP contribution in [0.1, 0.15) is 35.6 Å². The number of benzene rings is 1. The minimum absolute atomic E-state index is 0.0343. The van der Waals surface area contributed by atoms with Crippen molar-refractivity contribution in [2.24, 2.45) is 0 Å². The molecule has 1 rings (SSSR count). The fourth-order valence-corrected chi connectivity index (χ4v) is 2.03. The third-order valence-corrected chi connectivity index (χ3v) is 3.39. The minimum atomic E-state index is -0.964. The lowest BCUT2D eigenvalue weighted by Gasteiger charge is -2.23. The third-order valence-electron chi connectivity index (χ3n) is 3.39. The molecule has 2 unspecified atom stereocenters. The van der Waals surface area contributed by atoms with E-state index in [4.69, 9.17) is 10.2 Å². The molecule has 0 aliphatic carbocycles. The van der Waals surface area contributed by atoms with Gasteiger partial charge in [0.05, 0.1) is 12.5 Å². The Kier molecular flexibility index (Phi) is 6.64. The van der Waals surface area contributed by atoms with Gasteiger partial charge in [-0.15, -0.1) is 0 Å². The van der Waals surface area contributed by atoms with Crippen molar-refractivity contribution >= 4 is 5.97 Å². The van der Waals surface area contributed by atoms with E-state index in [0.717, 1.165) is 11.1 Å². The van der Waals surface area contributed by atoms with Gasteiger partial charge in [-0.1, -0.05) is 18.2 Å². The molecule has 4 N–H and O–H groups in total. The maximum atomic E-state index is 10.9. The average molecular weight is 281 g/mol. The smallest absolute Gasteiger partial charge is 0.305 e. The molecule has 0 saturated carbocycles. The minimum Gasteiger partial charge on any atom is -0.481 e. The summed E-state index contributed by atoms with van der Waals surface area (Å²) in [5.41, 5.74) is 2.89. The fraction of sp³-hybridized carbons (Fsp3) is 0.533. The van der Waals surface area contributed by atoms with Crippen LogP contribution in [0.2, 0.25) is 0 Å². The van der Waals surface area contributed by atoms with Gasteiger partial charge in [0.2, 0.25) is 0 Å². The molecule has 0 aliphatic rings. The second kappa shape index (κ2) is 7.99. The zero-order chi connectivity index (χ0) is 15.1. The van der Waals surface area contributed by atoms with Gasteiger partial charge in [-0.25, -0.2) is 0 Å². The van der Waals surface area contributed by atoms with Crippen molar-refractivity contribution in [1.29, 1.82) is 0 Å². The van der Waals surface area contributed by atoms with Crippen molar-refractivity contribution in [3.8, 4) is 0 Å². The Morgan fingerprint density at radius 3 is 2.55 bits per heavy atom. The van der Waals surface area contributed by atoms with E-state index in [2.05, 4.69) is 5.32 Å². The summed E-state index contributed by atoms with van der Waals surface area (Å²) >= 11 is 0. The van der Waals surface area contributed by atoms with Crippen molar-refractivity contribution in [2.75, 3.05) is 13.2 Å². The summed E-state index contributed by atoms with van der Waals surface area (Å²) in [6, 6.07) is 5.04. The fourth-order valence-electron chi connectivity index (χ4n) is 2.03. The largest absolute Gasteiger partial charge is 0.481 e. The number of carboxylic acid groups (broad SMARTS) is 1. The van der Waals surface area contributed by atoms with Gasteiger partial charge in [0.1, 0.15) is 0 Å². The lowest BCUT2D eigenvalue weighted by molar-refractivity contribution is -0.138. The van der Waals surface area contributed by atoms with E-state index in [1.54, 1.807) is 0 Å². The molecule has 0 fully saturated rings. The number of hydrogen-bond donors (Lipinski definition) is 4. The first-order valence-corrected chi connectivity index (χ1v) is 6.77. The molecule has 1 aromatic carbocycles. The Morgan fingerprint density at radius 1 is 1.30 bits per heavy atom. The van der Waals surface area contributed by atoms with Crippen molar-refractivity contribution in [1.82, 2.24) is 5.32 Å². The van der Waals surface area contributed by atoms with E-state index in [-0.39, 0.29) is 13.0 Å². The van der Waals surface area contributed by atoms with Gasteiger partial charge in [-0.2, -0.15) is 0 Å². The number of carboxylic acids is 1. The lowest BCUT2D eigenvalue weighted by Crippen LogP contribution is -2.37. The maximum Gasteiger partial charge on any atom is 0.305 e. The number of aliphatic hydroxyl groups excluding tert-OH is 2. The first-order valence-electron chi connectivity index (χ1n) is 6.77. The predicted octanol–water partition coefficient (Wildman–Crippen LogP) is 1.15. The van der Waals surface area contributed by atoms with Crippen molar-refractivity contribution in [3.63, 3.8) is 0 Å². The third kappa shape index (κ3) is 4.92. The van der Waals surface area contributed by atoms with E-state index in [0.29, 0.717) is 18.5 Å². The monoisotopic (exact) mass is 281 g/mol. The topological polar surface area (TPSA) is 89.8 Å². The van der Waals surface area contributed by atoms with Gasteiger partial charge in [0.15, 0.2) is 0 Å². The van der Waals surface area contributed by atoms with Gasteiger partial charge < -0.3 is 20.6 Å². The van der Waals surface area contributed by atoms with Crippen molar-refractivity contribution in [3.05, 3.63) is 34.9 Å². The molecule has 1 aromatic rings. The highest BCUT2D eigenvalue weighted by molar-refractivity contribution is 5.67. The molecule has 5 heteroatoms. The van der Waals surface area contributed by atoms with Crippen LogP contribution < -0.4 is 5.32 Å². The van der Waals surface area contributed by atoms with Crippen LogP contribution in [0.3, 0.4) is 0 Å². The number of aliphatic carboxylic acids is 1. The number of hydrogen-bond acceptors (Lipinski definition) is 4. The van der Waals surface area contributed by atoms with Crippen molar-refractivity contribution < 1.29 is 20.1 Å². The SMILES string of the molecule is Cc1ccc(C(O)C(CC(=O)O)NCCCO)cc1C. The summed E-state index contributed by atoms with van der Waals surface area (Å²) in [6.07, 6.45) is -0.529. The molecule has 0 radical (unpaired) electrons. The van der Waals surface area contributed by atoms with Crippen LogP contribution in [-0.2, 0) is 4.79 Å². The Balaban J connectivity index is 2.81. The molecule has 0 saturated heterocycles. The number of aryl methyl sites for hydroxylation is 2.